The van der Waals surface area contributed by atoms with Gasteiger partial charge in [0, 0.05) is 11.4 Å². The lowest BCUT2D eigenvalue weighted by Crippen LogP contribution is -2.35. The van der Waals surface area contributed by atoms with E-state index in [1.165, 1.54) is 0 Å². The summed E-state index contributed by atoms with van der Waals surface area (Å²) in [6.07, 6.45) is 0. The largest absolute Gasteiger partial charge is 0.349 e. The highest BCUT2D eigenvalue weighted by Crippen LogP contribution is 2.29. The smallest absolute Gasteiger partial charge is 0.234 e. The van der Waals surface area contributed by atoms with Crippen LogP contribution in [0.3, 0.4) is 0 Å². The number of likely N-dealkylation sites (N-methyl/N-ethyl adjacent to an activating group) is 1. The van der Waals surface area contributed by atoms with Gasteiger partial charge in [0.25, 0.3) is 0 Å². The summed E-state index contributed by atoms with van der Waals surface area (Å²) in [5, 5.41) is 6.56. The second-order valence-corrected chi connectivity index (χ2v) is 5.07. The van der Waals surface area contributed by atoms with Crippen LogP contribution < -0.4 is 10.6 Å². The molecular weight excluding hydrogens is 248 g/mol. The highest BCUT2D eigenvalue weighted by atomic mass is 32.2. The van der Waals surface area contributed by atoms with E-state index in [9.17, 15) is 4.79 Å². The van der Waals surface area contributed by atoms with Gasteiger partial charge < -0.3 is 10.6 Å². The third kappa shape index (κ3) is 3.30. The van der Waals surface area contributed by atoms with Gasteiger partial charge in [0.05, 0.1) is 29.5 Å². The Hall–Kier alpha value is -1.40. The van der Waals surface area contributed by atoms with Gasteiger partial charge in [0.15, 0.2) is 0 Å². The SMILES string of the molecule is CNCC(=O)NCC1=Nc2ccc(C)nc2CS1. The number of aliphatic imine (C=N–C) groups is 1. The van der Waals surface area contributed by atoms with Crippen molar-refractivity contribution in [2.75, 3.05) is 20.1 Å². The molecule has 96 valence electrons. The molecule has 0 spiro atoms. The molecule has 0 saturated heterocycles. The summed E-state index contributed by atoms with van der Waals surface area (Å²) in [6, 6.07) is 3.93. The average molecular weight is 264 g/mol. The maximum Gasteiger partial charge on any atom is 0.234 e. The van der Waals surface area contributed by atoms with Crippen LogP contribution >= 0.6 is 11.8 Å². The van der Waals surface area contributed by atoms with Crippen LogP contribution in [0, 0.1) is 6.92 Å². The second-order valence-electron chi connectivity index (χ2n) is 4.02. The van der Waals surface area contributed by atoms with Crippen molar-refractivity contribution in [3.63, 3.8) is 0 Å². The summed E-state index contributed by atoms with van der Waals surface area (Å²) < 4.78 is 0. The minimum atomic E-state index is -0.0198. The van der Waals surface area contributed by atoms with Gasteiger partial charge in [-0.2, -0.15) is 0 Å². The lowest BCUT2D eigenvalue weighted by Gasteiger charge is -2.15. The predicted octanol–water partition coefficient (Wildman–Crippen LogP) is 1.00. The van der Waals surface area contributed by atoms with E-state index >= 15 is 0 Å². The Kier molecular flexibility index (Phi) is 4.33. The van der Waals surface area contributed by atoms with E-state index in [-0.39, 0.29) is 5.91 Å². The monoisotopic (exact) mass is 264 g/mol. The molecule has 18 heavy (non-hydrogen) atoms. The number of fused-ring (bicyclic) bond motifs is 1. The van der Waals surface area contributed by atoms with Gasteiger partial charge in [0.2, 0.25) is 5.91 Å². The minimum Gasteiger partial charge on any atom is -0.349 e. The highest BCUT2D eigenvalue weighted by Gasteiger charge is 2.14. The van der Waals surface area contributed by atoms with Gasteiger partial charge in [-0.1, -0.05) is 0 Å². The number of rotatable bonds is 4. The van der Waals surface area contributed by atoms with E-state index in [2.05, 4.69) is 20.6 Å². The number of hydrogen-bond donors (Lipinski definition) is 2. The molecular formula is C12H16N4OS. The first-order chi connectivity index (χ1) is 8.69. The Morgan fingerprint density at radius 2 is 2.33 bits per heavy atom. The average Bonchev–Trinajstić information content (AvgIpc) is 2.36. The summed E-state index contributed by atoms with van der Waals surface area (Å²) >= 11 is 1.63. The maximum absolute atomic E-state index is 11.3. The van der Waals surface area contributed by atoms with Gasteiger partial charge in [0.1, 0.15) is 0 Å². The third-order valence-corrected chi connectivity index (χ3v) is 3.47. The van der Waals surface area contributed by atoms with Crippen molar-refractivity contribution in [2.45, 2.75) is 12.7 Å². The Morgan fingerprint density at radius 3 is 3.11 bits per heavy atom. The second kappa shape index (κ2) is 5.97. The van der Waals surface area contributed by atoms with Crippen LogP contribution in [0.15, 0.2) is 17.1 Å². The molecule has 0 fully saturated rings. The molecule has 0 radical (unpaired) electrons. The van der Waals surface area contributed by atoms with E-state index in [1.807, 2.05) is 19.1 Å². The molecule has 0 bridgehead atoms. The minimum absolute atomic E-state index is 0.0198. The Morgan fingerprint density at radius 1 is 1.50 bits per heavy atom. The molecule has 1 aliphatic rings. The summed E-state index contributed by atoms with van der Waals surface area (Å²) in [5.41, 5.74) is 2.94. The number of nitrogens with one attached hydrogen (secondary N) is 2. The molecule has 6 heteroatoms. The number of hydrogen-bond acceptors (Lipinski definition) is 5. The fourth-order valence-electron chi connectivity index (χ4n) is 1.62. The van der Waals surface area contributed by atoms with E-state index < -0.39 is 0 Å². The van der Waals surface area contributed by atoms with Gasteiger partial charge in [-0.3, -0.25) is 9.78 Å². The first-order valence-corrected chi connectivity index (χ1v) is 6.76. The quantitative estimate of drug-likeness (QED) is 0.851. The number of carbonyl (C=O) groups is 1. The molecule has 0 aliphatic carbocycles. The number of pyridine rings is 1. The third-order valence-electron chi connectivity index (χ3n) is 2.48. The van der Waals surface area contributed by atoms with Crippen LogP contribution in [0.4, 0.5) is 5.69 Å². The predicted molar refractivity (Wildman–Crippen MR) is 74.3 cm³/mol. The van der Waals surface area contributed by atoms with Crippen molar-refractivity contribution in [3.05, 3.63) is 23.5 Å². The first kappa shape index (κ1) is 13.0. The maximum atomic E-state index is 11.3. The lowest BCUT2D eigenvalue weighted by atomic mass is 10.3. The van der Waals surface area contributed by atoms with E-state index in [0.29, 0.717) is 13.1 Å². The van der Waals surface area contributed by atoms with Crippen LogP contribution in [0.2, 0.25) is 0 Å². The fourth-order valence-corrected chi connectivity index (χ4v) is 2.47. The van der Waals surface area contributed by atoms with Crippen molar-refractivity contribution >= 4 is 28.4 Å². The molecule has 0 aromatic carbocycles. The summed E-state index contributed by atoms with van der Waals surface area (Å²) in [6.45, 7) is 2.79. The Bertz CT molecular complexity index is 487. The number of aromatic nitrogens is 1. The normalized spacial score (nSPS) is 13.8. The van der Waals surface area contributed by atoms with Crippen molar-refractivity contribution in [1.29, 1.82) is 0 Å². The molecule has 2 heterocycles. The molecule has 1 aromatic rings. The van der Waals surface area contributed by atoms with E-state index in [1.54, 1.807) is 18.8 Å². The van der Waals surface area contributed by atoms with Crippen LogP contribution in [-0.2, 0) is 10.5 Å². The van der Waals surface area contributed by atoms with Crippen molar-refractivity contribution in [2.24, 2.45) is 4.99 Å². The topological polar surface area (TPSA) is 66.4 Å². The van der Waals surface area contributed by atoms with Gasteiger partial charge in [-0.15, -0.1) is 11.8 Å². The zero-order chi connectivity index (χ0) is 13.0. The van der Waals surface area contributed by atoms with Crippen molar-refractivity contribution in [1.82, 2.24) is 15.6 Å². The van der Waals surface area contributed by atoms with Crippen LogP contribution in [-0.4, -0.2) is 36.1 Å². The highest BCUT2D eigenvalue weighted by molar-refractivity contribution is 8.13. The zero-order valence-corrected chi connectivity index (χ0v) is 11.3. The number of nitrogens with zero attached hydrogens (tertiary/aromatic N) is 2. The Labute approximate surface area is 110 Å². The summed E-state index contributed by atoms with van der Waals surface area (Å²) in [7, 11) is 1.75. The summed E-state index contributed by atoms with van der Waals surface area (Å²) in [4.78, 5) is 20.3. The molecule has 0 saturated carbocycles. The number of thioether (sulfide) groups is 1. The van der Waals surface area contributed by atoms with E-state index in [4.69, 9.17) is 0 Å². The van der Waals surface area contributed by atoms with Crippen molar-refractivity contribution in [3.8, 4) is 0 Å². The van der Waals surface area contributed by atoms with Gasteiger partial charge >= 0.3 is 0 Å². The number of carbonyl (C=O) groups excluding carboxylic acids is 1. The fraction of sp³-hybridized carbons (Fsp3) is 0.417. The number of amides is 1. The zero-order valence-electron chi connectivity index (χ0n) is 10.5. The number of aryl methyl sites for hydroxylation is 1. The van der Waals surface area contributed by atoms with Gasteiger partial charge in [-0.05, 0) is 26.1 Å². The summed E-state index contributed by atoms with van der Waals surface area (Å²) in [5.74, 6) is 0.797. The molecule has 0 atom stereocenters. The standard InChI is InChI=1S/C12H16N4OS/c1-8-3-4-9-10(15-8)7-18-12(16-9)6-14-11(17)5-13-2/h3-4,13H,5-7H2,1-2H3,(H,14,17). The van der Waals surface area contributed by atoms with Crippen LogP contribution in [0.5, 0.6) is 0 Å². The molecule has 1 amide bonds. The lowest BCUT2D eigenvalue weighted by molar-refractivity contribution is -0.119. The molecule has 0 unspecified atom stereocenters. The van der Waals surface area contributed by atoms with Gasteiger partial charge in [-0.25, -0.2) is 4.99 Å². The van der Waals surface area contributed by atoms with Crippen molar-refractivity contribution < 1.29 is 4.79 Å². The molecule has 2 N–H and O–H groups in total. The molecule has 2 rings (SSSR count). The molecule has 1 aromatic heterocycles. The van der Waals surface area contributed by atoms with E-state index in [0.717, 1.165) is 27.9 Å². The van der Waals surface area contributed by atoms with Crippen LogP contribution in [0.1, 0.15) is 11.4 Å². The molecule has 1 aliphatic heterocycles. The molecule has 5 nitrogen and oxygen atoms in total. The Balaban J connectivity index is 2.00. The van der Waals surface area contributed by atoms with Crippen LogP contribution in [0.25, 0.3) is 0 Å². The first-order valence-electron chi connectivity index (χ1n) is 5.77.